The van der Waals surface area contributed by atoms with Crippen LogP contribution in [0, 0.1) is 5.82 Å². The number of aromatic nitrogens is 2. The summed E-state index contributed by atoms with van der Waals surface area (Å²) in [4.78, 5) is 1.07. The number of rotatable bonds is 7. The summed E-state index contributed by atoms with van der Waals surface area (Å²) < 4.78 is 41.1. The van der Waals surface area contributed by atoms with Crippen LogP contribution < -0.4 is 4.72 Å². The Balaban J connectivity index is 1.53. The van der Waals surface area contributed by atoms with Crippen molar-refractivity contribution in [2.75, 3.05) is 6.54 Å². The zero-order chi connectivity index (χ0) is 17.0. The van der Waals surface area contributed by atoms with Crippen LogP contribution >= 0.6 is 11.3 Å². The van der Waals surface area contributed by atoms with Gasteiger partial charge in [0, 0.05) is 12.7 Å². The lowest BCUT2D eigenvalue weighted by Gasteiger charge is -2.07. The molecule has 0 atom stereocenters. The molecule has 2 aromatic heterocycles. The maximum atomic E-state index is 12.8. The van der Waals surface area contributed by atoms with Gasteiger partial charge in [0.05, 0.1) is 17.2 Å². The second kappa shape index (κ2) is 7.25. The van der Waals surface area contributed by atoms with Crippen LogP contribution in [-0.2, 0) is 22.3 Å². The molecule has 0 radical (unpaired) electrons. The molecule has 126 valence electrons. The molecule has 0 amide bonds. The number of halogens is 1. The number of benzene rings is 1. The largest absolute Gasteiger partial charge is 0.271 e. The van der Waals surface area contributed by atoms with Crippen molar-refractivity contribution in [1.82, 2.24) is 14.5 Å². The third-order valence-electron chi connectivity index (χ3n) is 3.35. The molecule has 1 N–H and O–H groups in total. The Morgan fingerprint density at radius 3 is 2.67 bits per heavy atom. The van der Waals surface area contributed by atoms with E-state index in [2.05, 4.69) is 9.82 Å². The summed E-state index contributed by atoms with van der Waals surface area (Å²) in [5.74, 6) is -0.559. The molecular formula is C16H16FN3O2S2. The topological polar surface area (TPSA) is 64.0 Å². The highest BCUT2D eigenvalue weighted by Crippen LogP contribution is 2.22. The number of thiophene rings is 1. The molecule has 0 fully saturated rings. The lowest BCUT2D eigenvalue weighted by atomic mass is 10.2. The van der Waals surface area contributed by atoms with E-state index >= 15 is 0 Å². The molecule has 0 aliphatic rings. The third kappa shape index (κ3) is 4.50. The van der Waals surface area contributed by atoms with Crippen LogP contribution in [0.4, 0.5) is 4.39 Å². The van der Waals surface area contributed by atoms with Gasteiger partial charge in [-0.2, -0.15) is 5.10 Å². The number of nitrogens with zero attached hydrogens (tertiary/aromatic N) is 2. The maximum absolute atomic E-state index is 12.8. The minimum atomic E-state index is -3.47. The summed E-state index contributed by atoms with van der Waals surface area (Å²) in [5, 5.41) is 6.40. The van der Waals surface area contributed by atoms with Gasteiger partial charge >= 0.3 is 0 Å². The summed E-state index contributed by atoms with van der Waals surface area (Å²) in [6.45, 7) is 0.684. The van der Waals surface area contributed by atoms with Gasteiger partial charge in [-0.25, -0.2) is 17.5 Å². The predicted octanol–water partition coefficient (Wildman–Crippen LogP) is 2.87. The van der Waals surface area contributed by atoms with E-state index in [1.165, 1.54) is 24.3 Å². The van der Waals surface area contributed by atoms with Crippen molar-refractivity contribution in [3.63, 3.8) is 0 Å². The summed E-state index contributed by atoms with van der Waals surface area (Å²) in [5.41, 5.74) is 1.42. The van der Waals surface area contributed by atoms with Crippen LogP contribution in [0.2, 0.25) is 0 Å². The first kappa shape index (κ1) is 16.8. The average molecular weight is 365 g/mol. The molecule has 0 spiro atoms. The Bertz CT molecular complexity index is 888. The monoisotopic (exact) mass is 365 g/mol. The summed E-state index contributed by atoms with van der Waals surface area (Å²) in [6.07, 6.45) is 1.82. The molecular weight excluding hydrogens is 349 g/mol. The smallest absolute Gasteiger partial charge is 0.215 e. The average Bonchev–Trinajstić information content (AvgIpc) is 3.20. The Labute approximate surface area is 143 Å². The first-order valence-corrected chi connectivity index (χ1v) is 9.84. The first-order valence-electron chi connectivity index (χ1n) is 7.31. The van der Waals surface area contributed by atoms with E-state index in [4.69, 9.17) is 0 Å². The summed E-state index contributed by atoms with van der Waals surface area (Å²) in [7, 11) is -3.47. The van der Waals surface area contributed by atoms with E-state index in [9.17, 15) is 12.8 Å². The minimum absolute atomic E-state index is 0.174. The van der Waals surface area contributed by atoms with E-state index in [-0.39, 0.29) is 18.1 Å². The van der Waals surface area contributed by atoms with Gasteiger partial charge in [-0.3, -0.25) is 4.68 Å². The van der Waals surface area contributed by atoms with Crippen LogP contribution in [0.3, 0.4) is 0 Å². The molecule has 5 nitrogen and oxygen atoms in total. The second-order valence-corrected chi connectivity index (χ2v) is 7.98. The second-order valence-electron chi connectivity index (χ2n) is 5.22. The molecule has 1 aromatic carbocycles. The van der Waals surface area contributed by atoms with E-state index in [1.54, 1.807) is 16.0 Å². The van der Waals surface area contributed by atoms with Gasteiger partial charge in [-0.1, -0.05) is 18.2 Å². The van der Waals surface area contributed by atoms with Crippen LogP contribution in [0.1, 0.15) is 5.56 Å². The van der Waals surface area contributed by atoms with Gasteiger partial charge in [0.25, 0.3) is 0 Å². The fourth-order valence-corrected chi connectivity index (χ4v) is 4.03. The third-order valence-corrected chi connectivity index (χ3v) is 5.60. The fourth-order valence-electron chi connectivity index (χ4n) is 2.21. The standard InChI is InChI=1S/C16H16FN3O2S2/c17-14-5-3-13(4-6-14)12-24(21,22)18-8-10-20-9-7-15(19-20)16-2-1-11-23-16/h1-7,9,11,18H,8,10,12H2. The molecule has 0 bridgehead atoms. The summed E-state index contributed by atoms with van der Waals surface area (Å²) in [6, 6.07) is 11.3. The van der Waals surface area contributed by atoms with Gasteiger partial charge in [0.15, 0.2) is 0 Å². The number of hydrogen-bond donors (Lipinski definition) is 1. The molecule has 24 heavy (non-hydrogen) atoms. The maximum Gasteiger partial charge on any atom is 0.215 e. The SMILES string of the molecule is O=S(=O)(Cc1ccc(F)cc1)NCCn1ccc(-c2cccs2)n1. The quantitative estimate of drug-likeness (QED) is 0.700. The normalized spacial score (nSPS) is 11.7. The van der Waals surface area contributed by atoms with Crippen molar-refractivity contribution in [3.8, 4) is 10.6 Å². The Hall–Kier alpha value is -2.03. The van der Waals surface area contributed by atoms with Crippen LogP contribution in [0.5, 0.6) is 0 Å². The Morgan fingerprint density at radius 2 is 1.96 bits per heavy atom. The lowest BCUT2D eigenvalue weighted by Crippen LogP contribution is -2.28. The van der Waals surface area contributed by atoms with Crippen LogP contribution in [0.15, 0.2) is 54.0 Å². The van der Waals surface area contributed by atoms with E-state index in [1.807, 2.05) is 29.8 Å². The van der Waals surface area contributed by atoms with Gasteiger partial charge in [-0.15, -0.1) is 11.3 Å². The number of hydrogen-bond acceptors (Lipinski definition) is 4. The summed E-state index contributed by atoms with van der Waals surface area (Å²) >= 11 is 1.61. The Morgan fingerprint density at radius 1 is 1.17 bits per heavy atom. The zero-order valence-corrected chi connectivity index (χ0v) is 14.4. The van der Waals surface area contributed by atoms with Crippen molar-refractivity contribution in [3.05, 3.63) is 65.4 Å². The predicted molar refractivity (Wildman–Crippen MR) is 92.6 cm³/mol. The van der Waals surface area contributed by atoms with Crippen molar-refractivity contribution in [2.45, 2.75) is 12.3 Å². The van der Waals surface area contributed by atoms with Gasteiger partial charge in [0.2, 0.25) is 10.0 Å². The van der Waals surface area contributed by atoms with E-state index in [0.717, 1.165) is 10.6 Å². The van der Waals surface area contributed by atoms with Crippen LogP contribution in [0.25, 0.3) is 10.6 Å². The highest BCUT2D eigenvalue weighted by Gasteiger charge is 2.11. The van der Waals surface area contributed by atoms with Crippen molar-refractivity contribution in [1.29, 1.82) is 0 Å². The first-order chi connectivity index (χ1) is 11.5. The lowest BCUT2D eigenvalue weighted by molar-refractivity contribution is 0.560. The fraction of sp³-hybridized carbons (Fsp3) is 0.188. The zero-order valence-electron chi connectivity index (χ0n) is 12.7. The van der Waals surface area contributed by atoms with Crippen molar-refractivity contribution >= 4 is 21.4 Å². The van der Waals surface area contributed by atoms with Crippen molar-refractivity contribution < 1.29 is 12.8 Å². The molecule has 3 aromatic rings. The number of sulfonamides is 1. The van der Waals surface area contributed by atoms with E-state index in [0.29, 0.717) is 12.1 Å². The molecule has 0 unspecified atom stereocenters. The van der Waals surface area contributed by atoms with Crippen molar-refractivity contribution in [2.24, 2.45) is 0 Å². The number of nitrogens with one attached hydrogen (secondary N) is 1. The molecule has 8 heteroatoms. The van der Waals surface area contributed by atoms with Crippen LogP contribution in [-0.4, -0.2) is 24.7 Å². The van der Waals surface area contributed by atoms with Gasteiger partial charge in [0.1, 0.15) is 11.5 Å². The Kier molecular flexibility index (Phi) is 5.08. The minimum Gasteiger partial charge on any atom is -0.271 e. The molecule has 2 heterocycles. The van der Waals surface area contributed by atoms with Gasteiger partial charge < -0.3 is 0 Å². The molecule has 0 saturated heterocycles. The van der Waals surface area contributed by atoms with Gasteiger partial charge in [-0.05, 0) is 35.2 Å². The molecule has 3 rings (SSSR count). The molecule has 0 saturated carbocycles. The van der Waals surface area contributed by atoms with E-state index < -0.39 is 10.0 Å². The highest BCUT2D eigenvalue weighted by molar-refractivity contribution is 7.88. The molecule has 0 aliphatic heterocycles. The molecule has 0 aliphatic carbocycles. The highest BCUT2D eigenvalue weighted by atomic mass is 32.2.